The molecule has 0 spiro atoms. The van der Waals surface area contributed by atoms with Crippen LogP contribution in [0.4, 0.5) is 5.69 Å². The van der Waals surface area contributed by atoms with Gasteiger partial charge >= 0.3 is 0 Å². The van der Waals surface area contributed by atoms with Crippen molar-refractivity contribution in [2.24, 2.45) is 5.92 Å². The maximum atomic E-state index is 12.6. The molecule has 0 atom stereocenters. The van der Waals surface area contributed by atoms with Gasteiger partial charge in [-0.2, -0.15) is 0 Å². The van der Waals surface area contributed by atoms with Crippen LogP contribution in [0.5, 0.6) is 0 Å². The van der Waals surface area contributed by atoms with E-state index >= 15 is 0 Å². The second-order valence-corrected chi connectivity index (χ2v) is 11.0. The predicted octanol–water partition coefficient (Wildman–Crippen LogP) is 3.80. The van der Waals surface area contributed by atoms with Crippen molar-refractivity contribution in [1.82, 2.24) is 4.72 Å². The van der Waals surface area contributed by atoms with Gasteiger partial charge in [0.05, 0.1) is 9.79 Å². The summed E-state index contributed by atoms with van der Waals surface area (Å²) in [6, 6.07) is 19.7. The van der Waals surface area contributed by atoms with Gasteiger partial charge in [0.15, 0.2) is 0 Å². The third-order valence-corrected chi connectivity index (χ3v) is 7.30. The van der Waals surface area contributed by atoms with Crippen LogP contribution in [0, 0.1) is 5.92 Å². The highest BCUT2D eigenvalue weighted by atomic mass is 32.2. The van der Waals surface area contributed by atoms with Crippen LogP contribution >= 0.6 is 0 Å². The quantitative estimate of drug-likeness (QED) is 0.518. The smallest absolute Gasteiger partial charge is 0.264 e. The zero-order valence-corrected chi connectivity index (χ0v) is 19.3. The maximum Gasteiger partial charge on any atom is 0.264 e. The first-order chi connectivity index (χ1) is 15.1. The average molecular weight is 473 g/mol. The minimum atomic E-state index is -4.11. The van der Waals surface area contributed by atoms with Crippen molar-refractivity contribution in [1.29, 1.82) is 0 Å². The lowest BCUT2D eigenvalue weighted by Crippen LogP contribution is -2.30. The van der Waals surface area contributed by atoms with Crippen molar-refractivity contribution in [3.05, 3.63) is 90.0 Å². The first-order valence-corrected chi connectivity index (χ1v) is 12.9. The number of hydrogen-bond acceptors (Lipinski definition) is 5. The van der Waals surface area contributed by atoms with E-state index in [-0.39, 0.29) is 21.0 Å². The van der Waals surface area contributed by atoms with Gasteiger partial charge in [-0.15, -0.1) is 0 Å². The summed E-state index contributed by atoms with van der Waals surface area (Å²) in [6.07, 6.45) is 0.852. The van der Waals surface area contributed by atoms with Crippen molar-refractivity contribution in [3.63, 3.8) is 0 Å². The molecule has 0 fully saturated rings. The monoisotopic (exact) mass is 472 g/mol. The highest BCUT2D eigenvalue weighted by Gasteiger charge is 2.19. The van der Waals surface area contributed by atoms with Gasteiger partial charge in [0, 0.05) is 11.3 Å². The van der Waals surface area contributed by atoms with E-state index in [0.717, 1.165) is 12.0 Å². The summed E-state index contributed by atoms with van der Waals surface area (Å²) in [5, 5.41) is 0. The number of rotatable bonds is 8. The van der Waals surface area contributed by atoms with Crippen molar-refractivity contribution < 1.29 is 21.6 Å². The van der Waals surface area contributed by atoms with Crippen LogP contribution in [0.15, 0.2) is 88.7 Å². The molecule has 2 N–H and O–H groups in total. The molecule has 0 aromatic heterocycles. The lowest BCUT2D eigenvalue weighted by atomic mass is 10.0. The molecule has 168 valence electrons. The molecule has 1 amide bonds. The molecule has 0 aliphatic heterocycles. The molecule has 3 aromatic carbocycles. The Kier molecular flexibility index (Phi) is 7.00. The molecule has 32 heavy (non-hydrogen) atoms. The van der Waals surface area contributed by atoms with Crippen LogP contribution < -0.4 is 9.44 Å². The molecule has 0 aliphatic rings. The second-order valence-electron chi connectivity index (χ2n) is 7.67. The molecule has 9 heteroatoms. The van der Waals surface area contributed by atoms with Crippen molar-refractivity contribution in [3.8, 4) is 0 Å². The number of anilines is 1. The van der Waals surface area contributed by atoms with E-state index in [2.05, 4.69) is 18.6 Å². The van der Waals surface area contributed by atoms with Gasteiger partial charge in [0.25, 0.3) is 26.0 Å². The number of benzene rings is 3. The summed E-state index contributed by atoms with van der Waals surface area (Å²) in [5.41, 5.74) is 1.45. The standard InChI is InChI=1S/C23H24N2O5S2/c1-17(2)16-18-8-12-21(13-9-18)31(27,28)24-20-10-14-22(15-11-20)32(29,30)25-23(26)19-6-4-3-5-7-19/h3-15,17,24H,16H2,1-2H3,(H,25,26). The zero-order chi connectivity index (χ0) is 23.4. The summed E-state index contributed by atoms with van der Waals surface area (Å²) in [7, 11) is -7.94. The van der Waals surface area contributed by atoms with Gasteiger partial charge in [-0.3, -0.25) is 9.52 Å². The van der Waals surface area contributed by atoms with E-state index in [1.807, 2.05) is 4.72 Å². The first kappa shape index (κ1) is 23.5. The van der Waals surface area contributed by atoms with Crippen LogP contribution in [-0.2, 0) is 26.5 Å². The Balaban J connectivity index is 1.71. The van der Waals surface area contributed by atoms with E-state index in [4.69, 9.17) is 0 Å². The molecular formula is C23H24N2O5S2. The molecule has 7 nitrogen and oxygen atoms in total. The SMILES string of the molecule is CC(C)Cc1ccc(S(=O)(=O)Nc2ccc(S(=O)(=O)NC(=O)c3ccccc3)cc2)cc1. The summed E-state index contributed by atoms with van der Waals surface area (Å²) >= 11 is 0. The molecule has 3 aromatic rings. The number of carbonyl (C=O) groups excluding carboxylic acids is 1. The number of sulfonamides is 2. The van der Waals surface area contributed by atoms with E-state index < -0.39 is 26.0 Å². The van der Waals surface area contributed by atoms with Crippen molar-refractivity contribution in [2.75, 3.05) is 4.72 Å². The Bertz CT molecular complexity index is 1280. The molecule has 0 heterocycles. The van der Waals surface area contributed by atoms with Crippen LogP contribution in [0.2, 0.25) is 0 Å². The van der Waals surface area contributed by atoms with Crippen LogP contribution in [0.1, 0.15) is 29.8 Å². The minimum Gasteiger partial charge on any atom is -0.280 e. The van der Waals surface area contributed by atoms with E-state index in [1.165, 1.54) is 48.5 Å². The molecule has 0 saturated carbocycles. The lowest BCUT2D eigenvalue weighted by Gasteiger charge is -2.11. The Morgan fingerprint density at radius 3 is 1.84 bits per heavy atom. The van der Waals surface area contributed by atoms with Gasteiger partial charge in [-0.05, 0) is 66.4 Å². The minimum absolute atomic E-state index is 0.108. The fourth-order valence-corrected chi connectivity index (χ4v) is 5.05. The highest BCUT2D eigenvalue weighted by molar-refractivity contribution is 7.92. The van der Waals surface area contributed by atoms with E-state index in [0.29, 0.717) is 5.92 Å². The fourth-order valence-electron chi connectivity index (χ4n) is 3.02. The van der Waals surface area contributed by atoms with Crippen molar-refractivity contribution in [2.45, 2.75) is 30.1 Å². The van der Waals surface area contributed by atoms with Gasteiger partial charge in [-0.1, -0.05) is 44.2 Å². The molecule has 0 radical (unpaired) electrons. The first-order valence-electron chi connectivity index (χ1n) is 9.91. The Morgan fingerprint density at radius 1 is 0.750 bits per heavy atom. The number of amides is 1. The van der Waals surface area contributed by atoms with E-state index in [1.54, 1.807) is 30.3 Å². The Morgan fingerprint density at radius 2 is 1.28 bits per heavy atom. The van der Waals surface area contributed by atoms with Crippen LogP contribution in [0.3, 0.4) is 0 Å². The summed E-state index contributed by atoms with van der Waals surface area (Å²) in [6.45, 7) is 4.17. The molecule has 0 unspecified atom stereocenters. The normalized spacial score (nSPS) is 11.8. The number of hydrogen-bond donors (Lipinski definition) is 2. The van der Waals surface area contributed by atoms with Gasteiger partial charge in [0.2, 0.25) is 0 Å². The lowest BCUT2D eigenvalue weighted by molar-refractivity contribution is 0.0981. The van der Waals surface area contributed by atoms with E-state index in [9.17, 15) is 21.6 Å². The summed E-state index contributed by atoms with van der Waals surface area (Å²) in [5.74, 6) is -0.292. The van der Waals surface area contributed by atoms with Gasteiger partial charge < -0.3 is 0 Å². The highest BCUT2D eigenvalue weighted by Crippen LogP contribution is 2.20. The van der Waals surface area contributed by atoms with Crippen molar-refractivity contribution >= 4 is 31.6 Å². The van der Waals surface area contributed by atoms with Gasteiger partial charge in [0.1, 0.15) is 0 Å². The average Bonchev–Trinajstić information content (AvgIpc) is 2.74. The molecule has 3 rings (SSSR count). The van der Waals surface area contributed by atoms with Crippen LogP contribution in [-0.4, -0.2) is 22.7 Å². The topological polar surface area (TPSA) is 109 Å². The Hall–Kier alpha value is -3.17. The predicted molar refractivity (Wildman–Crippen MR) is 123 cm³/mol. The second kappa shape index (κ2) is 9.54. The molecule has 0 bridgehead atoms. The molecule has 0 aliphatic carbocycles. The summed E-state index contributed by atoms with van der Waals surface area (Å²) in [4.78, 5) is 12.1. The maximum absolute atomic E-state index is 12.6. The summed E-state index contributed by atoms with van der Waals surface area (Å²) < 4.78 is 54.6. The third-order valence-electron chi connectivity index (χ3n) is 4.56. The number of nitrogens with one attached hydrogen (secondary N) is 2. The fraction of sp³-hybridized carbons (Fsp3) is 0.174. The molecular weight excluding hydrogens is 448 g/mol. The zero-order valence-electron chi connectivity index (χ0n) is 17.6. The third kappa shape index (κ3) is 5.95. The number of carbonyl (C=O) groups is 1. The van der Waals surface area contributed by atoms with Gasteiger partial charge in [-0.25, -0.2) is 21.6 Å². The largest absolute Gasteiger partial charge is 0.280 e. The van der Waals surface area contributed by atoms with Crippen LogP contribution in [0.25, 0.3) is 0 Å². The Labute approximate surface area is 188 Å². The molecule has 0 saturated heterocycles.